The van der Waals surface area contributed by atoms with Gasteiger partial charge in [0.05, 0.1) is 12.9 Å². The van der Waals surface area contributed by atoms with Crippen LogP contribution in [-0.4, -0.2) is 70.2 Å². The molecule has 0 spiro atoms. The molecule has 1 aliphatic heterocycles. The molecule has 21 heteroatoms. The van der Waals surface area contributed by atoms with Crippen LogP contribution in [0.1, 0.15) is 16.7 Å². The van der Waals surface area contributed by atoms with Crippen LogP contribution in [0.25, 0.3) is 0 Å². The molecular formula is C9H17N4O14P3. The first-order valence-electron chi connectivity index (χ1n) is 7.45. The van der Waals surface area contributed by atoms with Crippen molar-refractivity contribution in [1.29, 1.82) is 0 Å². The summed E-state index contributed by atoms with van der Waals surface area (Å²) in [6, 6.07) is 0. The standard InChI is InChI=1S/C9H17N4O14P3/c10-7-4(8(11)16)12-2-13(7)9-6(15)5(14)3(25-9)1-24-29(20,21)27-30(22,23)26-28(17,18)19/h2-3,5-6,9,14-15H,1,10H2,(H2,11,16)(H,20,21)(H,22,23)(H2,17,18,19). The fourth-order valence-electron chi connectivity index (χ4n) is 2.33. The summed E-state index contributed by atoms with van der Waals surface area (Å²) in [4.78, 5) is 50.2. The summed E-state index contributed by atoms with van der Waals surface area (Å²) in [7, 11) is -16.8. The maximum atomic E-state index is 11.7. The van der Waals surface area contributed by atoms with Gasteiger partial charge in [-0.1, -0.05) is 0 Å². The number of aliphatic hydroxyl groups is 2. The highest BCUT2D eigenvalue weighted by molar-refractivity contribution is 7.66. The van der Waals surface area contributed by atoms with Crippen LogP contribution in [0.4, 0.5) is 5.82 Å². The maximum Gasteiger partial charge on any atom is 0.490 e. The minimum absolute atomic E-state index is 0.313. The van der Waals surface area contributed by atoms with Gasteiger partial charge >= 0.3 is 23.5 Å². The molecule has 10 N–H and O–H groups in total. The van der Waals surface area contributed by atoms with Gasteiger partial charge in [-0.25, -0.2) is 18.7 Å². The number of carbonyl (C=O) groups excluding carboxylic acids is 1. The number of amides is 1. The third-order valence-electron chi connectivity index (χ3n) is 3.49. The quantitative estimate of drug-likeness (QED) is 0.164. The fourth-order valence-corrected chi connectivity index (χ4v) is 5.36. The number of hydrogen-bond acceptors (Lipinski definition) is 12. The Labute approximate surface area is 166 Å². The van der Waals surface area contributed by atoms with Crippen molar-refractivity contribution in [2.24, 2.45) is 5.73 Å². The fraction of sp³-hybridized carbons (Fsp3) is 0.556. The van der Waals surface area contributed by atoms with E-state index in [2.05, 4.69) is 18.1 Å². The Morgan fingerprint density at radius 3 is 2.23 bits per heavy atom. The van der Waals surface area contributed by atoms with Crippen LogP contribution in [0.5, 0.6) is 0 Å². The molecule has 6 unspecified atom stereocenters. The second kappa shape index (κ2) is 8.72. The second-order valence-electron chi connectivity index (χ2n) is 5.68. The van der Waals surface area contributed by atoms with E-state index in [0.717, 1.165) is 10.9 Å². The minimum Gasteiger partial charge on any atom is -0.387 e. The zero-order valence-corrected chi connectivity index (χ0v) is 17.1. The topological polar surface area (TPSA) is 296 Å². The average Bonchev–Trinajstić information content (AvgIpc) is 3.03. The molecule has 172 valence electrons. The number of hydrogen-bond donors (Lipinski definition) is 8. The Bertz CT molecular complexity index is 945. The minimum atomic E-state index is -5.72. The van der Waals surface area contributed by atoms with Crippen LogP contribution < -0.4 is 11.5 Å². The maximum absolute atomic E-state index is 11.7. The Morgan fingerprint density at radius 2 is 1.73 bits per heavy atom. The van der Waals surface area contributed by atoms with Crippen LogP contribution in [0.15, 0.2) is 6.33 Å². The molecule has 2 rings (SSSR count). The van der Waals surface area contributed by atoms with Gasteiger partial charge in [0, 0.05) is 0 Å². The molecule has 1 aromatic heterocycles. The first-order valence-corrected chi connectivity index (χ1v) is 12.0. The van der Waals surface area contributed by atoms with E-state index in [-0.39, 0.29) is 11.5 Å². The van der Waals surface area contributed by atoms with Crippen molar-refractivity contribution >= 4 is 35.2 Å². The van der Waals surface area contributed by atoms with Gasteiger partial charge in [-0.05, 0) is 0 Å². The first-order chi connectivity index (χ1) is 13.5. The Morgan fingerprint density at radius 1 is 1.13 bits per heavy atom. The van der Waals surface area contributed by atoms with E-state index >= 15 is 0 Å². The van der Waals surface area contributed by atoms with Crippen molar-refractivity contribution < 1.29 is 66.2 Å². The number of primary amides is 1. The average molecular weight is 498 g/mol. The lowest BCUT2D eigenvalue weighted by atomic mass is 10.1. The Hall–Kier alpha value is -1.23. The van der Waals surface area contributed by atoms with Gasteiger partial charge in [0.1, 0.15) is 24.1 Å². The summed E-state index contributed by atoms with van der Waals surface area (Å²) in [5, 5.41) is 20.1. The van der Waals surface area contributed by atoms with Crippen molar-refractivity contribution in [2.75, 3.05) is 12.3 Å². The number of ether oxygens (including phenoxy) is 1. The van der Waals surface area contributed by atoms with Gasteiger partial charge in [-0.3, -0.25) is 13.9 Å². The Balaban J connectivity index is 2.06. The summed E-state index contributed by atoms with van der Waals surface area (Å²) in [6.07, 6.45) is -5.44. The zero-order valence-electron chi connectivity index (χ0n) is 14.4. The number of aliphatic hydroxyl groups excluding tert-OH is 2. The van der Waals surface area contributed by atoms with Crippen LogP contribution in [-0.2, 0) is 31.6 Å². The summed E-state index contributed by atoms with van der Waals surface area (Å²) in [5.74, 6) is -1.30. The van der Waals surface area contributed by atoms with Crippen molar-refractivity contribution in [3.8, 4) is 0 Å². The molecule has 2 heterocycles. The van der Waals surface area contributed by atoms with Crippen molar-refractivity contribution in [3.05, 3.63) is 12.0 Å². The summed E-state index contributed by atoms with van der Waals surface area (Å²) >= 11 is 0. The molecule has 1 amide bonds. The van der Waals surface area contributed by atoms with E-state index in [4.69, 9.17) is 30.9 Å². The molecule has 0 bridgehead atoms. The van der Waals surface area contributed by atoms with Crippen LogP contribution in [0, 0.1) is 0 Å². The molecule has 0 aliphatic carbocycles. The summed E-state index contributed by atoms with van der Waals surface area (Å²) in [5.41, 5.74) is 10.4. The third kappa shape index (κ3) is 6.15. The lowest BCUT2D eigenvalue weighted by Crippen LogP contribution is -2.33. The van der Waals surface area contributed by atoms with E-state index < -0.39 is 60.5 Å². The lowest BCUT2D eigenvalue weighted by Gasteiger charge is -2.19. The highest BCUT2D eigenvalue weighted by Gasteiger charge is 2.47. The van der Waals surface area contributed by atoms with Gasteiger partial charge < -0.3 is 46.0 Å². The number of carbonyl (C=O) groups is 1. The first kappa shape index (κ1) is 25.0. The lowest BCUT2D eigenvalue weighted by molar-refractivity contribution is -0.0510. The van der Waals surface area contributed by atoms with E-state index in [1.165, 1.54) is 0 Å². The predicted molar refractivity (Wildman–Crippen MR) is 90.9 cm³/mol. The SMILES string of the molecule is NC(=O)c1ncn(C2OC(COP(=O)(O)OP(=O)(O)OP(=O)(O)O)C(O)C2O)c1N. The van der Waals surface area contributed by atoms with Gasteiger partial charge in [0.15, 0.2) is 11.9 Å². The van der Waals surface area contributed by atoms with Crippen LogP contribution in [0.3, 0.4) is 0 Å². The molecular weight excluding hydrogens is 481 g/mol. The second-order valence-corrected chi connectivity index (χ2v) is 10.1. The number of nitrogens with two attached hydrogens (primary N) is 2. The van der Waals surface area contributed by atoms with E-state index in [1.807, 2.05) is 0 Å². The van der Waals surface area contributed by atoms with Gasteiger partial charge in [0.2, 0.25) is 0 Å². The van der Waals surface area contributed by atoms with Crippen LogP contribution in [0.2, 0.25) is 0 Å². The number of imidazole rings is 1. The molecule has 1 fully saturated rings. The molecule has 1 aromatic rings. The highest BCUT2D eigenvalue weighted by atomic mass is 31.3. The molecule has 18 nitrogen and oxygen atoms in total. The number of anilines is 1. The summed E-state index contributed by atoms with van der Waals surface area (Å²) in [6.45, 7) is -1.02. The molecule has 0 aromatic carbocycles. The van der Waals surface area contributed by atoms with Gasteiger partial charge in [-0.2, -0.15) is 8.62 Å². The molecule has 6 atom stereocenters. The van der Waals surface area contributed by atoms with Crippen LogP contribution >= 0.6 is 23.5 Å². The van der Waals surface area contributed by atoms with E-state index in [1.54, 1.807) is 0 Å². The smallest absolute Gasteiger partial charge is 0.387 e. The van der Waals surface area contributed by atoms with Crippen molar-refractivity contribution in [3.63, 3.8) is 0 Å². The van der Waals surface area contributed by atoms with Gasteiger partial charge in [0.25, 0.3) is 5.91 Å². The molecule has 1 saturated heterocycles. The molecule has 0 radical (unpaired) electrons. The van der Waals surface area contributed by atoms with Crippen molar-refractivity contribution in [1.82, 2.24) is 9.55 Å². The number of rotatable bonds is 9. The zero-order chi connectivity index (χ0) is 23.1. The highest BCUT2D eigenvalue weighted by Crippen LogP contribution is 2.66. The number of phosphoric ester groups is 1. The number of nitrogens with zero attached hydrogens (tertiary/aromatic N) is 2. The van der Waals surface area contributed by atoms with E-state index in [9.17, 15) is 33.6 Å². The largest absolute Gasteiger partial charge is 0.490 e. The van der Waals surface area contributed by atoms with Crippen molar-refractivity contribution in [2.45, 2.75) is 24.5 Å². The number of aromatic nitrogens is 2. The van der Waals surface area contributed by atoms with E-state index in [0.29, 0.717) is 0 Å². The molecule has 30 heavy (non-hydrogen) atoms. The molecule has 1 aliphatic rings. The molecule has 0 saturated carbocycles. The van der Waals surface area contributed by atoms with Gasteiger partial charge in [-0.15, -0.1) is 0 Å². The number of phosphoric acid groups is 3. The third-order valence-corrected chi connectivity index (χ3v) is 7.30. The normalized spacial score (nSPS) is 28.7. The number of nitrogen functional groups attached to an aromatic ring is 1. The monoisotopic (exact) mass is 498 g/mol. The summed E-state index contributed by atoms with van der Waals surface area (Å²) < 4.78 is 51.1. The Kier molecular flexibility index (Phi) is 7.28. The predicted octanol–water partition coefficient (Wildman–Crippen LogP) is -2.47.